The number of carbonyl (C=O) groups is 1. The molecular weight excluding hydrogens is 200 g/mol. The molecule has 0 aromatic rings. The number of hydrogen-bond donors (Lipinski definition) is 0. The molecule has 0 saturated heterocycles. The van der Waals surface area contributed by atoms with Gasteiger partial charge in [-0.2, -0.15) is 0 Å². The Morgan fingerprint density at radius 2 is 1.81 bits per heavy atom. The van der Waals surface area contributed by atoms with Gasteiger partial charge in [0.25, 0.3) is 0 Å². The first-order valence-electron chi connectivity index (χ1n) is 6.51. The van der Waals surface area contributed by atoms with Crippen LogP contribution in [-0.4, -0.2) is 12.1 Å². The lowest BCUT2D eigenvalue weighted by atomic mass is 10.1. The molecule has 0 atom stereocenters. The Balaban J connectivity index is 3.30. The number of hydrogen-bond acceptors (Lipinski definition) is 2. The molecule has 0 spiro atoms. The predicted octanol–water partition coefficient (Wildman–Crippen LogP) is 4.24. The van der Waals surface area contributed by atoms with Crippen molar-refractivity contribution >= 4 is 5.97 Å². The first-order chi connectivity index (χ1) is 7.66. The summed E-state index contributed by atoms with van der Waals surface area (Å²) in [5.74, 6) is -0.128. The molecule has 0 aromatic heterocycles. The highest BCUT2D eigenvalue weighted by molar-refractivity contribution is 5.71. The normalized spacial score (nSPS) is 11.2. The zero-order valence-electron chi connectivity index (χ0n) is 11.0. The van der Waals surface area contributed by atoms with Crippen molar-refractivity contribution in [2.75, 3.05) is 0 Å². The zero-order chi connectivity index (χ0) is 12.2. The standard InChI is InChI=1S/C14H26O2/c1-4-5-6-7-8-9-10-11-12-14(15)16-13(2)3/h10-11,13H,4-9,12H2,1-3H3/b11-10+. The lowest BCUT2D eigenvalue weighted by Crippen LogP contribution is -2.09. The van der Waals surface area contributed by atoms with Gasteiger partial charge in [-0.3, -0.25) is 4.79 Å². The van der Waals surface area contributed by atoms with E-state index < -0.39 is 0 Å². The van der Waals surface area contributed by atoms with Crippen LogP contribution in [0.15, 0.2) is 12.2 Å². The lowest BCUT2D eigenvalue weighted by Gasteiger charge is -2.05. The van der Waals surface area contributed by atoms with E-state index in [2.05, 4.69) is 13.0 Å². The van der Waals surface area contributed by atoms with Crippen LogP contribution < -0.4 is 0 Å². The summed E-state index contributed by atoms with van der Waals surface area (Å²) in [6, 6.07) is 0. The molecular formula is C14H26O2. The van der Waals surface area contributed by atoms with Crippen molar-refractivity contribution < 1.29 is 9.53 Å². The molecule has 0 fully saturated rings. The van der Waals surface area contributed by atoms with Gasteiger partial charge in [0.1, 0.15) is 0 Å². The number of unbranched alkanes of at least 4 members (excludes halogenated alkanes) is 5. The van der Waals surface area contributed by atoms with Crippen LogP contribution in [0.2, 0.25) is 0 Å². The molecule has 94 valence electrons. The van der Waals surface area contributed by atoms with E-state index in [1.807, 2.05) is 19.9 Å². The van der Waals surface area contributed by atoms with Crippen LogP contribution in [0.3, 0.4) is 0 Å². The van der Waals surface area contributed by atoms with Gasteiger partial charge in [0, 0.05) is 0 Å². The van der Waals surface area contributed by atoms with Gasteiger partial charge < -0.3 is 4.74 Å². The van der Waals surface area contributed by atoms with Gasteiger partial charge in [0.15, 0.2) is 0 Å². The Labute approximate surface area is 100 Å². The maximum Gasteiger partial charge on any atom is 0.309 e. The van der Waals surface area contributed by atoms with E-state index in [9.17, 15) is 4.79 Å². The molecule has 2 heteroatoms. The van der Waals surface area contributed by atoms with Gasteiger partial charge in [0.2, 0.25) is 0 Å². The quantitative estimate of drug-likeness (QED) is 0.334. The van der Waals surface area contributed by atoms with Crippen molar-refractivity contribution in [1.29, 1.82) is 0 Å². The van der Waals surface area contributed by atoms with E-state index in [4.69, 9.17) is 4.74 Å². The third-order valence-corrected chi connectivity index (χ3v) is 2.29. The van der Waals surface area contributed by atoms with Crippen LogP contribution in [0.5, 0.6) is 0 Å². The predicted molar refractivity (Wildman–Crippen MR) is 68.4 cm³/mol. The second-order valence-electron chi connectivity index (χ2n) is 4.42. The topological polar surface area (TPSA) is 26.3 Å². The van der Waals surface area contributed by atoms with Gasteiger partial charge in [-0.25, -0.2) is 0 Å². The van der Waals surface area contributed by atoms with Crippen molar-refractivity contribution in [3.05, 3.63) is 12.2 Å². The Bertz CT molecular complexity index is 195. The van der Waals surface area contributed by atoms with Crippen molar-refractivity contribution in [3.63, 3.8) is 0 Å². The molecule has 0 heterocycles. The summed E-state index contributed by atoms with van der Waals surface area (Å²) >= 11 is 0. The van der Waals surface area contributed by atoms with Crippen LogP contribution in [0.1, 0.15) is 65.7 Å². The molecule has 0 amide bonds. The molecule has 0 aliphatic carbocycles. The Morgan fingerprint density at radius 3 is 2.44 bits per heavy atom. The fourth-order valence-electron chi connectivity index (χ4n) is 1.47. The highest BCUT2D eigenvalue weighted by Crippen LogP contribution is 2.05. The average molecular weight is 226 g/mol. The van der Waals surface area contributed by atoms with E-state index in [0.29, 0.717) is 6.42 Å². The van der Waals surface area contributed by atoms with Crippen molar-refractivity contribution in [3.8, 4) is 0 Å². The Kier molecular flexibility index (Phi) is 10.2. The monoisotopic (exact) mass is 226 g/mol. The van der Waals surface area contributed by atoms with Gasteiger partial charge in [0.05, 0.1) is 12.5 Å². The van der Waals surface area contributed by atoms with Crippen LogP contribution in [0.4, 0.5) is 0 Å². The van der Waals surface area contributed by atoms with Crippen LogP contribution >= 0.6 is 0 Å². The fourth-order valence-corrected chi connectivity index (χ4v) is 1.47. The second-order valence-corrected chi connectivity index (χ2v) is 4.42. The van der Waals surface area contributed by atoms with Crippen LogP contribution in [-0.2, 0) is 9.53 Å². The maximum atomic E-state index is 11.2. The van der Waals surface area contributed by atoms with E-state index in [1.54, 1.807) is 0 Å². The third-order valence-electron chi connectivity index (χ3n) is 2.29. The molecule has 0 N–H and O–H groups in total. The summed E-state index contributed by atoms with van der Waals surface area (Å²) in [6.07, 6.45) is 12.0. The van der Waals surface area contributed by atoms with E-state index in [0.717, 1.165) is 6.42 Å². The SMILES string of the molecule is CCCCCCC/C=C/CC(=O)OC(C)C. The number of rotatable bonds is 9. The smallest absolute Gasteiger partial charge is 0.309 e. The van der Waals surface area contributed by atoms with Crippen LogP contribution in [0, 0.1) is 0 Å². The zero-order valence-corrected chi connectivity index (χ0v) is 11.0. The minimum absolute atomic E-state index is 0.00468. The molecule has 0 saturated carbocycles. The molecule has 0 aromatic carbocycles. The van der Waals surface area contributed by atoms with Crippen molar-refractivity contribution in [2.45, 2.75) is 71.8 Å². The molecule has 0 unspecified atom stereocenters. The summed E-state index contributed by atoms with van der Waals surface area (Å²) in [5.41, 5.74) is 0. The number of carbonyl (C=O) groups excluding carboxylic acids is 1. The summed E-state index contributed by atoms with van der Waals surface area (Å²) < 4.78 is 5.02. The van der Waals surface area contributed by atoms with Gasteiger partial charge >= 0.3 is 5.97 Å². The third kappa shape index (κ3) is 11.3. The van der Waals surface area contributed by atoms with Crippen molar-refractivity contribution in [2.24, 2.45) is 0 Å². The Hall–Kier alpha value is -0.790. The van der Waals surface area contributed by atoms with Gasteiger partial charge in [-0.05, 0) is 26.7 Å². The second kappa shape index (κ2) is 10.7. The van der Waals surface area contributed by atoms with E-state index in [-0.39, 0.29) is 12.1 Å². The fraction of sp³-hybridized carbons (Fsp3) is 0.786. The minimum Gasteiger partial charge on any atom is -0.463 e. The average Bonchev–Trinajstić information content (AvgIpc) is 2.21. The van der Waals surface area contributed by atoms with E-state index in [1.165, 1.54) is 32.1 Å². The maximum absolute atomic E-state index is 11.2. The number of allylic oxidation sites excluding steroid dienone is 1. The van der Waals surface area contributed by atoms with Gasteiger partial charge in [-0.1, -0.05) is 44.8 Å². The first kappa shape index (κ1) is 15.2. The molecule has 2 nitrogen and oxygen atoms in total. The van der Waals surface area contributed by atoms with Crippen molar-refractivity contribution in [1.82, 2.24) is 0 Å². The summed E-state index contributed by atoms with van der Waals surface area (Å²) in [6.45, 7) is 5.96. The molecule has 0 rings (SSSR count). The summed E-state index contributed by atoms with van der Waals surface area (Å²) in [4.78, 5) is 11.2. The molecule has 16 heavy (non-hydrogen) atoms. The van der Waals surface area contributed by atoms with E-state index >= 15 is 0 Å². The molecule has 0 bridgehead atoms. The summed E-state index contributed by atoms with van der Waals surface area (Å²) in [7, 11) is 0. The molecule has 0 aliphatic rings. The molecule has 0 aliphatic heterocycles. The highest BCUT2D eigenvalue weighted by Gasteiger charge is 2.01. The highest BCUT2D eigenvalue weighted by atomic mass is 16.5. The lowest BCUT2D eigenvalue weighted by molar-refractivity contribution is -0.146. The minimum atomic E-state index is -0.128. The number of esters is 1. The largest absolute Gasteiger partial charge is 0.463 e. The summed E-state index contributed by atoms with van der Waals surface area (Å²) in [5, 5.41) is 0. The first-order valence-corrected chi connectivity index (χ1v) is 6.51. The Morgan fingerprint density at radius 1 is 1.12 bits per heavy atom. The van der Waals surface area contributed by atoms with Crippen LogP contribution in [0.25, 0.3) is 0 Å². The molecule has 0 radical (unpaired) electrons. The number of ether oxygens (including phenoxy) is 1. The van der Waals surface area contributed by atoms with Gasteiger partial charge in [-0.15, -0.1) is 0 Å².